The van der Waals surface area contributed by atoms with Crippen molar-refractivity contribution in [1.29, 1.82) is 0 Å². The lowest BCUT2D eigenvalue weighted by atomic mass is 10.3. The van der Waals surface area contributed by atoms with Crippen LogP contribution in [-0.4, -0.2) is 20.3 Å². The van der Waals surface area contributed by atoms with Crippen molar-refractivity contribution < 1.29 is 0 Å². The predicted molar refractivity (Wildman–Crippen MR) is 80.1 cm³/mol. The van der Waals surface area contributed by atoms with Gasteiger partial charge < -0.3 is 9.55 Å². The molecule has 3 aromatic rings. The van der Waals surface area contributed by atoms with E-state index in [0.29, 0.717) is 0 Å². The molecule has 0 aliphatic heterocycles. The maximum absolute atomic E-state index is 11.6. The zero-order valence-corrected chi connectivity index (χ0v) is 12.1. The molecule has 4 nitrogen and oxygen atoms in total. The Kier molecular flexibility index (Phi) is 3.44. The Labute approximate surface area is 118 Å². The highest BCUT2D eigenvalue weighted by molar-refractivity contribution is 7.99. The first-order chi connectivity index (χ1) is 9.24. The standard InChI is InChI=1S/C13H13N3OS2/c1-9-8-19-13(17)16(9)6-7-18-12-14-10-4-2-3-5-11(10)15-12/h2-5,8H,6-7H2,1H3,(H,14,15). The molecule has 3 rings (SSSR count). The third kappa shape index (κ3) is 2.59. The lowest BCUT2D eigenvalue weighted by Crippen LogP contribution is -2.15. The quantitative estimate of drug-likeness (QED) is 0.752. The minimum atomic E-state index is 0.114. The van der Waals surface area contributed by atoms with E-state index in [1.807, 2.05) is 36.6 Å². The van der Waals surface area contributed by atoms with Gasteiger partial charge in [-0.15, -0.1) is 0 Å². The van der Waals surface area contributed by atoms with Crippen LogP contribution in [0.25, 0.3) is 11.0 Å². The molecule has 0 aliphatic rings. The van der Waals surface area contributed by atoms with Gasteiger partial charge in [0.1, 0.15) is 0 Å². The molecule has 0 spiro atoms. The number of thioether (sulfide) groups is 1. The molecule has 0 saturated heterocycles. The van der Waals surface area contributed by atoms with Crippen molar-refractivity contribution in [3.63, 3.8) is 0 Å². The Morgan fingerprint density at radius 3 is 3.00 bits per heavy atom. The highest BCUT2D eigenvalue weighted by atomic mass is 32.2. The van der Waals surface area contributed by atoms with Gasteiger partial charge in [-0.2, -0.15) is 0 Å². The zero-order chi connectivity index (χ0) is 13.2. The van der Waals surface area contributed by atoms with E-state index in [-0.39, 0.29) is 4.87 Å². The number of benzene rings is 1. The van der Waals surface area contributed by atoms with Gasteiger partial charge in [0.2, 0.25) is 0 Å². The second kappa shape index (κ2) is 5.22. The van der Waals surface area contributed by atoms with E-state index in [0.717, 1.165) is 34.2 Å². The maximum atomic E-state index is 11.6. The number of imidazole rings is 1. The minimum Gasteiger partial charge on any atom is -0.333 e. The van der Waals surface area contributed by atoms with Gasteiger partial charge in [0.15, 0.2) is 5.16 Å². The summed E-state index contributed by atoms with van der Waals surface area (Å²) in [6.07, 6.45) is 0. The number of nitrogens with zero attached hydrogens (tertiary/aromatic N) is 2. The molecule has 0 bridgehead atoms. The summed E-state index contributed by atoms with van der Waals surface area (Å²) < 4.78 is 1.81. The van der Waals surface area contributed by atoms with E-state index in [2.05, 4.69) is 9.97 Å². The van der Waals surface area contributed by atoms with Crippen LogP contribution in [0.1, 0.15) is 5.69 Å². The maximum Gasteiger partial charge on any atom is 0.307 e. The van der Waals surface area contributed by atoms with E-state index < -0.39 is 0 Å². The summed E-state index contributed by atoms with van der Waals surface area (Å²) >= 11 is 2.90. The summed E-state index contributed by atoms with van der Waals surface area (Å²) in [6.45, 7) is 2.68. The van der Waals surface area contributed by atoms with Crippen LogP contribution in [0.5, 0.6) is 0 Å². The van der Waals surface area contributed by atoms with Crippen LogP contribution >= 0.6 is 23.1 Å². The molecule has 98 valence electrons. The van der Waals surface area contributed by atoms with Crippen molar-refractivity contribution >= 4 is 34.1 Å². The van der Waals surface area contributed by atoms with E-state index >= 15 is 0 Å². The van der Waals surface area contributed by atoms with Crippen molar-refractivity contribution in [1.82, 2.24) is 14.5 Å². The van der Waals surface area contributed by atoms with Gasteiger partial charge in [-0.1, -0.05) is 35.2 Å². The van der Waals surface area contributed by atoms with Gasteiger partial charge in [0, 0.05) is 23.4 Å². The van der Waals surface area contributed by atoms with Crippen LogP contribution in [0.2, 0.25) is 0 Å². The summed E-state index contributed by atoms with van der Waals surface area (Å²) in [5, 5.41) is 2.80. The largest absolute Gasteiger partial charge is 0.333 e. The molecule has 2 heterocycles. The number of para-hydroxylation sites is 2. The summed E-state index contributed by atoms with van der Waals surface area (Å²) in [5.74, 6) is 0.831. The van der Waals surface area contributed by atoms with Gasteiger partial charge >= 0.3 is 4.87 Å². The normalized spacial score (nSPS) is 11.2. The van der Waals surface area contributed by atoms with Crippen molar-refractivity contribution in [3.05, 3.63) is 45.0 Å². The Bertz CT molecular complexity index is 723. The third-order valence-corrected chi connectivity index (χ3v) is 4.63. The fraction of sp³-hybridized carbons (Fsp3) is 0.231. The molecule has 1 N–H and O–H groups in total. The van der Waals surface area contributed by atoms with E-state index in [9.17, 15) is 4.79 Å². The number of hydrogen-bond acceptors (Lipinski definition) is 4. The summed E-state index contributed by atoms with van der Waals surface area (Å²) in [4.78, 5) is 19.5. The average Bonchev–Trinajstić information content (AvgIpc) is 2.95. The van der Waals surface area contributed by atoms with Crippen LogP contribution in [0.3, 0.4) is 0 Å². The fourth-order valence-corrected chi connectivity index (χ4v) is 3.48. The first kappa shape index (κ1) is 12.5. The van der Waals surface area contributed by atoms with Gasteiger partial charge in [-0.05, 0) is 19.1 Å². The highest BCUT2D eigenvalue weighted by Gasteiger charge is 2.05. The van der Waals surface area contributed by atoms with Gasteiger partial charge in [-0.25, -0.2) is 4.98 Å². The number of hydrogen-bond donors (Lipinski definition) is 1. The SMILES string of the molecule is Cc1csc(=O)n1CCSc1nc2ccccc2[nH]1. The molecule has 0 saturated carbocycles. The molecule has 0 amide bonds. The number of rotatable bonds is 4. The van der Waals surface area contributed by atoms with Gasteiger partial charge in [-0.3, -0.25) is 4.79 Å². The predicted octanol–water partition coefficient (Wildman–Crippen LogP) is 2.89. The number of fused-ring (bicyclic) bond motifs is 1. The zero-order valence-electron chi connectivity index (χ0n) is 10.4. The molecular weight excluding hydrogens is 278 g/mol. The number of nitrogens with one attached hydrogen (secondary N) is 1. The van der Waals surface area contributed by atoms with Crippen LogP contribution in [0, 0.1) is 6.92 Å². The summed E-state index contributed by atoms with van der Waals surface area (Å²) in [5.41, 5.74) is 3.06. The molecule has 0 aliphatic carbocycles. The number of H-pyrrole nitrogens is 1. The van der Waals surface area contributed by atoms with Crippen molar-refractivity contribution in [2.24, 2.45) is 0 Å². The third-order valence-electron chi connectivity index (χ3n) is 2.90. The molecule has 0 atom stereocenters. The van der Waals surface area contributed by atoms with Crippen LogP contribution in [0.4, 0.5) is 0 Å². The topological polar surface area (TPSA) is 50.7 Å². The van der Waals surface area contributed by atoms with Crippen molar-refractivity contribution in [3.8, 4) is 0 Å². The lowest BCUT2D eigenvalue weighted by molar-refractivity contribution is 0.730. The van der Waals surface area contributed by atoms with E-state index in [4.69, 9.17) is 0 Å². The Morgan fingerprint density at radius 2 is 2.26 bits per heavy atom. The van der Waals surface area contributed by atoms with Crippen LogP contribution in [0.15, 0.2) is 39.6 Å². The van der Waals surface area contributed by atoms with Crippen molar-refractivity contribution in [2.45, 2.75) is 18.6 Å². The van der Waals surface area contributed by atoms with Crippen molar-refractivity contribution in [2.75, 3.05) is 5.75 Å². The number of thiazole rings is 1. The van der Waals surface area contributed by atoms with Gasteiger partial charge in [0.05, 0.1) is 11.0 Å². The minimum absolute atomic E-state index is 0.114. The van der Waals surface area contributed by atoms with Crippen LogP contribution in [-0.2, 0) is 6.54 Å². The molecule has 1 aromatic carbocycles. The Hall–Kier alpha value is -1.53. The number of aromatic amines is 1. The molecule has 0 fully saturated rings. The average molecular weight is 291 g/mol. The molecule has 2 aromatic heterocycles. The summed E-state index contributed by atoms with van der Waals surface area (Å²) in [6, 6.07) is 7.97. The smallest absolute Gasteiger partial charge is 0.307 e. The molecule has 0 unspecified atom stereocenters. The number of aryl methyl sites for hydroxylation is 1. The summed E-state index contributed by atoms with van der Waals surface area (Å²) in [7, 11) is 0. The molecular formula is C13H13N3OS2. The Balaban J connectivity index is 1.68. The van der Waals surface area contributed by atoms with E-state index in [1.54, 1.807) is 16.3 Å². The monoisotopic (exact) mass is 291 g/mol. The highest BCUT2D eigenvalue weighted by Crippen LogP contribution is 2.19. The second-order valence-corrected chi connectivity index (χ2v) is 6.11. The molecule has 6 heteroatoms. The molecule has 19 heavy (non-hydrogen) atoms. The van der Waals surface area contributed by atoms with Crippen LogP contribution < -0.4 is 4.87 Å². The Morgan fingerprint density at radius 1 is 1.42 bits per heavy atom. The van der Waals surface area contributed by atoms with E-state index in [1.165, 1.54) is 11.3 Å². The number of aromatic nitrogens is 3. The second-order valence-electron chi connectivity index (χ2n) is 4.20. The molecule has 0 radical (unpaired) electrons. The fourth-order valence-electron chi connectivity index (χ4n) is 1.91. The van der Waals surface area contributed by atoms with Gasteiger partial charge in [0.25, 0.3) is 0 Å². The first-order valence-corrected chi connectivity index (χ1v) is 7.83. The first-order valence-electron chi connectivity index (χ1n) is 5.96. The lowest BCUT2D eigenvalue weighted by Gasteiger charge is -2.02.